The minimum Gasteiger partial charge on any atom is -0.321 e. The van der Waals surface area contributed by atoms with Crippen molar-refractivity contribution in [1.29, 1.82) is 0 Å². The van der Waals surface area contributed by atoms with Crippen LogP contribution in [0.15, 0.2) is 12.3 Å². The number of nitrogens with zero attached hydrogens (tertiary/aromatic N) is 3. The van der Waals surface area contributed by atoms with Crippen molar-refractivity contribution >= 4 is 15.7 Å². The Morgan fingerprint density at radius 2 is 0.952 bits per heavy atom. The van der Waals surface area contributed by atoms with E-state index in [2.05, 4.69) is 80.6 Å². The summed E-state index contributed by atoms with van der Waals surface area (Å²) in [7, 11) is -3.48. The van der Waals surface area contributed by atoms with Crippen molar-refractivity contribution in [3.8, 4) is 0 Å². The molecule has 0 aromatic rings. The highest BCUT2D eigenvalue weighted by Crippen LogP contribution is 2.30. The normalized spacial score (nSPS) is 15.8. The fraction of sp³-hybridized carbons (Fsp3) is 0.875. The summed E-state index contributed by atoms with van der Waals surface area (Å²) in [6.45, 7) is 30.2. The Balaban J connectivity index is 6.12. The first kappa shape index (κ1) is 21.1. The molecule has 0 aliphatic rings. The van der Waals surface area contributed by atoms with Gasteiger partial charge in [-0.3, -0.25) is 0 Å². The molecule has 0 heterocycles. The molecule has 0 bridgehead atoms. The van der Waals surface area contributed by atoms with Crippen molar-refractivity contribution in [3.05, 3.63) is 12.3 Å². The zero-order valence-electron chi connectivity index (χ0n) is 15.9. The average Bonchev–Trinajstić information content (AvgIpc) is 2.50. The molecule has 0 aromatic carbocycles. The third-order valence-corrected chi connectivity index (χ3v) is 23.1. The van der Waals surface area contributed by atoms with E-state index >= 15 is 0 Å². The van der Waals surface area contributed by atoms with E-state index in [1.165, 1.54) is 0 Å². The maximum absolute atomic E-state index is 4.32. The lowest BCUT2D eigenvalue weighted by atomic mass is 10.7. The molecule has 5 heteroatoms. The molecule has 126 valence electrons. The van der Waals surface area contributed by atoms with Gasteiger partial charge in [-0.05, 0) is 45.8 Å². The Morgan fingerprint density at radius 1 is 0.667 bits per heavy atom. The highest BCUT2D eigenvalue weighted by atomic mass is 29.3. The molecule has 0 spiro atoms. The van der Waals surface area contributed by atoms with Crippen LogP contribution >= 0.6 is 0 Å². The standard InChI is InChI=1S/C16H39N3Si2/c1-10-17(11-2)20(8,16-7)21(9,18(12-3)13-4)19(14-5)15-6/h16H,7,10-15H2,1-6,8-9H3. The Labute approximate surface area is 136 Å². The van der Waals surface area contributed by atoms with Gasteiger partial charge in [-0.1, -0.05) is 53.8 Å². The van der Waals surface area contributed by atoms with E-state index in [9.17, 15) is 0 Å². The van der Waals surface area contributed by atoms with E-state index in [-0.39, 0.29) is 0 Å². The minimum absolute atomic E-state index is 1.14. The van der Waals surface area contributed by atoms with E-state index in [0.29, 0.717) is 0 Å². The molecule has 3 nitrogen and oxygen atoms in total. The van der Waals surface area contributed by atoms with Gasteiger partial charge in [-0.15, -0.1) is 6.58 Å². The van der Waals surface area contributed by atoms with Gasteiger partial charge in [0.25, 0.3) is 0 Å². The van der Waals surface area contributed by atoms with E-state index in [4.69, 9.17) is 0 Å². The molecule has 0 saturated heterocycles. The highest BCUT2D eigenvalue weighted by Gasteiger charge is 2.56. The lowest BCUT2D eigenvalue weighted by Crippen LogP contribution is -2.82. The Hall–Kier alpha value is 0.0538. The van der Waals surface area contributed by atoms with Crippen LogP contribution in [0.25, 0.3) is 0 Å². The van der Waals surface area contributed by atoms with Crippen LogP contribution in [0.5, 0.6) is 0 Å². The van der Waals surface area contributed by atoms with Gasteiger partial charge in [-0.2, -0.15) is 0 Å². The molecule has 21 heavy (non-hydrogen) atoms. The monoisotopic (exact) mass is 329 g/mol. The largest absolute Gasteiger partial charge is 0.321 e. The quantitative estimate of drug-likeness (QED) is 0.537. The summed E-state index contributed by atoms with van der Waals surface area (Å²) in [4.78, 5) is 0. The van der Waals surface area contributed by atoms with Crippen LogP contribution in [0.1, 0.15) is 41.5 Å². The molecule has 0 saturated carbocycles. The van der Waals surface area contributed by atoms with Gasteiger partial charge < -0.3 is 13.7 Å². The van der Waals surface area contributed by atoms with Crippen LogP contribution in [-0.4, -0.2) is 68.6 Å². The summed E-state index contributed by atoms with van der Waals surface area (Å²) in [6.07, 6.45) is 0. The molecule has 0 fully saturated rings. The lowest BCUT2D eigenvalue weighted by Gasteiger charge is -2.56. The van der Waals surface area contributed by atoms with E-state index < -0.39 is 15.7 Å². The van der Waals surface area contributed by atoms with Crippen LogP contribution in [0.4, 0.5) is 0 Å². The van der Waals surface area contributed by atoms with E-state index in [1.807, 2.05) is 0 Å². The average molecular weight is 330 g/mol. The van der Waals surface area contributed by atoms with Crippen LogP contribution in [0.2, 0.25) is 13.1 Å². The SMILES string of the molecule is C=C[Si](C)(N(CC)CC)[Si](C)(N(CC)CC)N(CC)CC. The van der Waals surface area contributed by atoms with Gasteiger partial charge in [0.1, 0.15) is 0 Å². The summed E-state index contributed by atoms with van der Waals surface area (Å²) in [6, 6.07) is 0. The molecular formula is C16H39N3Si2. The maximum atomic E-state index is 4.32. The molecule has 0 amide bonds. The van der Waals surface area contributed by atoms with Gasteiger partial charge >= 0.3 is 0 Å². The predicted octanol–water partition coefficient (Wildman–Crippen LogP) is 3.46. The third kappa shape index (κ3) is 3.70. The first-order valence-corrected chi connectivity index (χ1v) is 14.7. The second kappa shape index (κ2) is 9.25. The molecular weight excluding hydrogens is 290 g/mol. The molecule has 0 aromatic heterocycles. The van der Waals surface area contributed by atoms with Gasteiger partial charge in [0.05, 0.1) is 0 Å². The minimum atomic E-state index is -1.75. The molecule has 0 rings (SSSR count). The van der Waals surface area contributed by atoms with Gasteiger partial charge in [-0.25, -0.2) is 0 Å². The smallest absolute Gasteiger partial charge is 0.211 e. The first-order valence-electron chi connectivity index (χ1n) is 8.76. The van der Waals surface area contributed by atoms with Crippen molar-refractivity contribution in [2.75, 3.05) is 39.3 Å². The third-order valence-electron chi connectivity index (χ3n) is 5.54. The van der Waals surface area contributed by atoms with E-state index in [1.54, 1.807) is 0 Å². The first-order chi connectivity index (χ1) is 9.87. The molecule has 0 aliphatic carbocycles. The van der Waals surface area contributed by atoms with E-state index in [0.717, 1.165) is 39.3 Å². The van der Waals surface area contributed by atoms with Gasteiger partial charge in [0.15, 0.2) is 7.75 Å². The van der Waals surface area contributed by atoms with Crippen molar-refractivity contribution < 1.29 is 0 Å². The lowest BCUT2D eigenvalue weighted by molar-refractivity contribution is 0.361. The van der Waals surface area contributed by atoms with Crippen LogP contribution in [-0.2, 0) is 0 Å². The van der Waals surface area contributed by atoms with Gasteiger partial charge in [0.2, 0.25) is 7.91 Å². The highest BCUT2D eigenvalue weighted by molar-refractivity contribution is 7.40. The second-order valence-electron chi connectivity index (χ2n) is 5.89. The van der Waals surface area contributed by atoms with Crippen LogP contribution < -0.4 is 0 Å². The summed E-state index contributed by atoms with van der Waals surface area (Å²) in [5, 5.41) is 0. The zero-order chi connectivity index (χ0) is 16.7. The van der Waals surface area contributed by atoms with Crippen LogP contribution in [0.3, 0.4) is 0 Å². The van der Waals surface area contributed by atoms with Crippen molar-refractivity contribution in [1.82, 2.24) is 13.7 Å². The van der Waals surface area contributed by atoms with Crippen molar-refractivity contribution in [2.24, 2.45) is 0 Å². The zero-order valence-corrected chi connectivity index (χ0v) is 17.9. The summed E-state index contributed by atoms with van der Waals surface area (Å²) in [5.74, 6) is 0. The molecule has 0 N–H and O–H groups in total. The fourth-order valence-corrected chi connectivity index (χ4v) is 20.4. The second-order valence-corrected chi connectivity index (χ2v) is 18.4. The molecule has 1 atom stereocenters. The number of hydrogen-bond acceptors (Lipinski definition) is 3. The Morgan fingerprint density at radius 3 is 1.14 bits per heavy atom. The molecule has 0 aliphatic heterocycles. The van der Waals surface area contributed by atoms with Crippen LogP contribution in [0, 0.1) is 0 Å². The number of hydrogen-bond donors (Lipinski definition) is 0. The van der Waals surface area contributed by atoms with Crippen molar-refractivity contribution in [2.45, 2.75) is 54.6 Å². The van der Waals surface area contributed by atoms with Crippen molar-refractivity contribution in [3.63, 3.8) is 0 Å². The van der Waals surface area contributed by atoms with Gasteiger partial charge in [0, 0.05) is 0 Å². The summed E-state index contributed by atoms with van der Waals surface area (Å²) in [5.41, 5.74) is 2.36. The Bertz CT molecular complexity index is 288. The Kier molecular flexibility index (Phi) is 9.27. The fourth-order valence-electron chi connectivity index (χ4n) is 4.02. The maximum Gasteiger partial charge on any atom is 0.211 e. The predicted molar refractivity (Wildman–Crippen MR) is 102 cm³/mol. The summed E-state index contributed by atoms with van der Waals surface area (Å²) < 4.78 is 8.31. The molecule has 0 radical (unpaired) electrons. The molecule has 1 unspecified atom stereocenters. The topological polar surface area (TPSA) is 9.72 Å². The summed E-state index contributed by atoms with van der Waals surface area (Å²) >= 11 is 0. The number of rotatable bonds is 11.